The summed E-state index contributed by atoms with van der Waals surface area (Å²) in [6.45, 7) is 1.51. The average molecular weight is 149 g/mol. The lowest BCUT2D eigenvalue weighted by molar-refractivity contribution is -0.119. The lowest BCUT2D eigenvalue weighted by Gasteiger charge is -2.06. The van der Waals surface area contributed by atoms with E-state index in [9.17, 15) is 4.79 Å². The maximum absolute atomic E-state index is 10.6. The molecule has 0 saturated heterocycles. The van der Waals surface area contributed by atoms with Gasteiger partial charge in [-0.15, -0.1) is 0 Å². The van der Waals surface area contributed by atoms with Crippen molar-refractivity contribution >= 4 is 5.91 Å². The molecule has 0 fully saturated rings. The highest BCUT2D eigenvalue weighted by Gasteiger charge is 2.00. The Morgan fingerprint density at radius 1 is 1.18 bits per heavy atom. The summed E-state index contributed by atoms with van der Waals surface area (Å²) in [5.41, 5.74) is 0. The van der Waals surface area contributed by atoms with Crippen LogP contribution in [0.1, 0.15) is 6.92 Å². The molecule has 2 nitrogen and oxygen atoms in total. The van der Waals surface area contributed by atoms with Gasteiger partial charge in [0.2, 0.25) is 5.91 Å². The molecule has 11 heavy (non-hydrogen) atoms. The molecule has 1 aliphatic rings. The van der Waals surface area contributed by atoms with Crippen LogP contribution in [0.25, 0.3) is 0 Å². The first-order valence-electron chi connectivity index (χ1n) is 3.58. The first-order chi connectivity index (χ1) is 5.29. The second-order valence-corrected chi connectivity index (χ2v) is 2.38. The fourth-order valence-electron chi connectivity index (χ4n) is 0.891. The highest BCUT2D eigenvalue weighted by molar-refractivity contribution is 5.73. The van der Waals surface area contributed by atoms with Gasteiger partial charge in [0.1, 0.15) is 0 Å². The Morgan fingerprint density at radius 2 is 1.73 bits per heavy atom. The van der Waals surface area contributed by atoms with E-state index in [1.807, 2.05) is 36.5 Å². The zero-order valence-electron chi connectivity index (χ0n) is 6.45. The Hall–Kier alpha value is -1.31. The zero-order valence-corrected chi connectivity index (χ0v) is 6.45. The molecule has 1 aliphatic carbocycles. The van der Waals surface area contributed by atoms with Gasteiger partial charge in [-0.1, -0.05) is 36.5 Å². The van der Waals surface area contributed by atoms with Crippen LogP contribution in [-0.2, 0) is 4.79 Å². The van der Waals surface area contributed by atoms with Crippen molar-refractivity contribution in [1.82, 2.24) is 5.32 Å². The molecule has 0 aliphatic heterocycles. The summed E-state index contributed by atoms with van der Waals surface area (Å²) in [5, 5.41) is 2.77. The second-order valence-electron chi connectivity index (χ2n) is 2.38. The Kier molecular flexibility index (Phi) is 2.66. The summed E-state index contributed by atoms with van der Waals surface area (Å²) in [6.07, 6.45) is 11.6. The number of allylic oxidation sites excluding steroid dienone is 4. The van der Waals surface area contributed by atoms with Gasteiger partial charge in [0.05, 0.1) is 6.04 Å². The Bertz CT molecular complexity index is 210. The summed E-state index contributed by atoms with van der Waals surface area (Å²) in [7, 11) is 0. The van der Waals surface area contributed by atoms with Gasteiger partial charge in [-0.25, -0.2) is 0 Å². The molecule has 0 bridgehead atoms. The third kappa shape index (κ3) is 2.85. The van der Waals surface area contributed by atoms with Crippen molar-refractivity contribution in [2.24, 2.45) is 0 Å². The van der Waals surface area contributed by atoms with Crippen molar-refractivity contribution in [2.45, 2.75) is 13.0 Å². The Balaban J connectivity index is 2.53. The SMILES string of the molecule is CC(=O)NC1C=CC=CC=C1. The van der Waals surface area contributed by atoms with Crippen molar-refractivity contribution in [3.05, 3.63) is 36.5 Å². The van der Waals surface area contributed by atoms with Crippen molar-refractivity contribution in [1.29, 1.82) is 0 Å². The van der Waals surface area contributed by atoms with Gasteiger partial charge in [0.15, 0.2) is 0 Å². The summed E-state index contributed by atoms with van der Waals surface area (Å²) in [5.74, 6) is -0.00815. The molecule has 0 heterocycles. The van der Waals surface area contributed by atoms with E-state index < -0.39 is 0 Å². The second kappa shape index (κ2) is 3.76. The lowest BCUT2D eigenvalue weighted by atomic mass is 10.2. The minimum atomic E-state index is -0.00815. The molecule has 0 unspecified atom stereocenters. The van der Waals surface area contributed by atoms with Crippen LogP contribution in [0, 0.1) is 0 Å². The third-order valence-corrected chi connectivity index (χ3v) is 1.34. The number of nitrogens with one attached hydrogen (secondary N) is 1. The summed E-state index contributed by atoms with van der Waals surface area (Å²) in [6, 6.07) is 0.0440. The largest absolute Gasteiger partial charge is 0.347 e. The molecule has 0 aromatic rings. The molecular formula is C9H11NO. The van der Waals surface area contributed by atoms with Gasteiger partial charge in [0, 0.05) is 6.92 Å². The van der Waals surface area contributed by atoms with E-state index in [0.717, 1.165) is 0 Å². The Labute approximate surface area is 66.3 Å². The molecule has 0 spiro atoms. The number of hydrogen-bond acceptors (Lipinski definition) is 1. The minimum Gasteiger partial charge on any atom is -0.347 e. The van der Waals surface area contributed by atoms with E-state index >= 15 is 0 Å². The third-order valence-electron chi connectivity index (χ3n) is 1.34. The normalized spacial score (nSPS) is 16.5. The van der Waals surface area contributed by atoms with Gasteiger partial charge in [-0.05, 0) is 0 Å². The Morgan fingerprint density at radius 3 is 2.18 bits per heavy atom. The van der Waals surface area contributed by atoms with E-state index in [1.165, 1.54) is 6.92 Å². The van der Waals surface area contributed by atoms with Gasteiger partial charge >= 0.3 is 0 Å². The van der Waals surface area contributed by atoms with Crippen LogP contribution in [0.2, 0.25) is 0 Å². The van der Waals surface area contributed by atoms with E-state index in [1.54, 1.807) is 0 Å². The molecular weight excluding hydrogens is 138 g/mol. The number of carbonyl (C=O) groups is 1. The van der Waals surface area contributed by atoms with Crippen LogP contribution in [0.4, 0.5) is 0 Å². The molecule has 0 radical (unpaired) electrons. The van der Waals surface area contributed by atoms with Gasteiger partial charge in [0.25, 0.3) is 0 Å². The van der Waals surface area contributed by atoms with Crippen LogP contribution >= 0.6 is 0 Å². The quantitative estimate of drug-likeness (QED) is 0.595. The number of carbonyl (C=O) groups excluding carboxylic acids is 1. The maximum Gasteiger partial charge on any atom is 0.217 e. The molecule has 2 heteroatoms. The molecule has 0 aromatic carbocycles. The van der Waals surface area contributed by atoms with Gasteiger partial charge < -0.3 is 5.32 Å². The number of hydrogen-bond donors (Lipinski definition) is 1. The van der Waals surface area contributed by atoms with Crippen molar-refractivity contribution < 1.29 is 4.79 Å². The summed E-state index contributed by atoms with van der Waals surface area (Å²) < 4.78 is 0. The highest BCUT2D eigenvalue weighted by atomic mass is 16.1. The van der Waals surface area contributed by atoms with E-state index in [0.29, 0.717) is 0 Å². The molecule has 1 N–H and O–H groups in total. The fourth-order valence-corrected chi connectivity index (χ4v) is 0.891. The molecule has 0 atom stereocenters. The maximum atomic E-state index is 10.6. The summed E-state index contributed by atoms with van der Waals surface area (Å²) in [4.78, 5) is 10.6. The lowest BCUT2D eigenvalue weighted by Crippen LogP contribution is -2.29. The standard InChI is InChI=1S/C9H11NO/c1-8(11)10-9-6-4-2-3-5-7-9/h2-7,9H,1H3,(H,10,11). The predicted octanol–water partition coefficient (Wildman–Crippen LogP) is 1.17. The van der Waals surface area contributed by atoms with Crippen LogP contribution in [0.3, 0.4) is 0 Å². The average Bonchev–Trinajstić information content (AvgIpc) is 2.14. The first-order valence-corrected chi connectivity index (χ1v) is 3.58. The summed E-state index contributed by atoms with van der Waals surface area (Å²) >= 11 is 0. The van der Waals surface area contributed by atoms with Crippen LogP contribution in [0.5, 0.6) is 0 Å². The van der Waals surface area contributed by atoms with Crippen LogP contribution in [-0.4, -0.2) is 11.9 Å². The monoisotopic (exact) mass is 149 g/mol. The van der Waals surface area contributed by atoms with Crippen molar-refractivity contribution in [3.63, 3.8) is 0 Å². The van der Waals surface area contributed by atoms with E-state index in [-0.39, 0.29) is 11.9 Å². The van der Waals surface area contributed by atoms with Crippen molar-refractivity contribution in [2.75, 3.05) is 0 Å². The van der Waals surface area contributed by atoms with Crippen molar-refractivity contribution in [3.8, 4) is 0 Å². The first kappa shape index (κ1) is 7.79. The predicted molar refractivity (Wildman–Crippen MR) is 45.0 cm³/mol. The fraction of sp³-hybridized carbons (Fsp3) is 0.222. The molecule has 58 valence electrons. The molecule has 1 amide bonds. The number of rotatable bonds is 1. The topological polar surface area (TPSA) is 29.1 Å². The smallest absolute Gasteiger partial charge is 0.217 e. The van der Waals surface area contributed by atoms with Crippen LogP contribution < -0.4 is 5.32 Å². The molecule has 0 aromatic heterocycles. The van der Waals surface area contributed by atoms with Gasteiger partial charge in [-0.2, -0.15) is 0 Å². The zero-order chi connectivity index (χ0) is 8.10. The van der Waals surface area contributed by atoms with E-state index in [4.69, 9.17) is 0 Å². The highest BCUT2D eigenvalue weighted by Crippen LogP contribution is 1.95. The van der Waals surface area contributed by atoms with Gasteiger partial charge in [-0.3, -0.25) is 4.79 Å². The molecule has 1 rings (SSSR count). The minimum absolute atomic E-state index is 0.00815. The van der Waals surface area contributed by atoms with E-state index in [2.05, 4.69) is 5.32 Å². The number of amides is 1. The van der Waals surface area contributed by atoms with Crippen LogP contribution in [0.15, 0.2) is 36.5 Å². The molecule has 0 saturated carbocycles.